The van der Waals surface area contributed by atoms with E-state index >= 15 is 0 Å². The van der Waals surface area contributed by atoms with Crippen LogP contribution in [-0.4, -0.2) is 50.5 Å². The second-order valence-electron chi connectivity index (χ2n) is 9.45. The van der Waals surface area contributed by atoms with Crippen LogP contribution in [0.5, 0.6) is 0 Å². The zero-order chi connectivity index (χ0) is 28.7. The van der Waals surface area contributed by atoms with Gasteiger partial charge in [-0.05, 0) is 55.2 Å². The van der Waals surface area contributed by atoms with Gasteiger partial charge in [0.1, 0.15) is 6.04 Å². The maximum absolute atomic E-state index is 13.3. The molecule has 2 rings (SSSR count). The van der Waals surface area contributed by atoms with E-state index < -0.39 is 33.7 Å². The van der Waals surface area contributed by atoms with E-state index in [0.29, 0.717) is 17.1 Å². The zero-order valence-corrected chi connectivity index (χ0v) is 23.3. The monoisotopic (exact) mass is 575 g/mol. The third kappa shape index (κ3) is 9.50. The van der Waals surface area contributed by atoms with Gasteiger partial charge in [-0.3, -0.25) is 13.9 Å². The summed E-state index contributed by atoms with van der Waals surface area (Å²) in [6.07, 6.45) is -3.86. The number of anilines is 1. The third-order valence-electron chi connectivity index (χ3n) is 5.71. The number of nitrogens with zero attached hydrogens (tertiary/aromatic N) is 2. The molecule has 2 aromatic carbocycles. The molecule has 1 N–H and O–H groups in total. The maximum atomic E-state index is 13.3. The van der Waals surface area contributed by atoms with Crippen molar-refractivity contribution in [3.8, 4) is 0 Å². The molecule has 0 fully saturated rings. The van der Waals surface area contributed by atoms with Crippen molar-refractivity contribution in [1.29, 1.82) is 0 Å². The molecule has 2 amide bonds. The highest BCUT2D eigenvalue weighted by Crippen LogP contribution is 2.32. The lowest BCUT2D eigenvalue weighted by molar-refractivity contribution is -0.140. The number of alkyl halides is 3. The van der Waals surface area contributed by atoms with Gasteiger partial charge in [-0.1, -0.05) is 43.6 Å². The zero-order valence-electron chi connectivity index (χ0n) is 21.8. The molecule has 0 saturated heterocycles. The van der Waals surface area contributed by atoms with Crippen LogP contribution in [0.1, 0.15) is 44.7 Å². The van der Waals surface area contributed by atoms with Gasteiger partial charge in [0, 0.05) is 31.1 Å². The van der Waals surface area contributed by atoms with Crippen LogP contribution in [0.15, 0.2) is 48.5 Å². The van der Waals surface area contributed by atoms with Crippen molar-refractivity contribution in [1.82, 2.24) is 10.2 Å². The molecule has 38 heavy (non-hydrogen) atoms. The molecule has 1 atom stereocenters. The summed E-state index contributed by atoms with van der Waals surface area (Å²) in [6.45, 7) is 5.80. The van der Waals surface area contributed by atoms with Crippen LogP contribution in [0.25, 0.3) is 0 Å². The lowest BCUT2D eigenvalue weighted by Gasteiger charge is -2.30. The lowest BCUT2D eigenvalue weighted by Crippen LogP contribution is -2.48. The molecule has 0 aliphatic rings. The van der Waals surface area contributed by atoms with Gasteiger partial charge in [0.05, 0.1) is 17.5 Å². The Morgan fingerprint density at radius 2 is 1.71 bits per heavy atom. The minimum absolute atomic E-state index is 0.0223. The van der Waals surface area contributed by atoms with E-state index in [9.17, 15) is 31.2 Å². The number of sulfonamides is 1. The maximum Gasteiger partial charge on any atom is 0.416 e. The lowest BCUT2D eigenvalue weighted by atomic mass is 10.1. The summed E-state index contributed by atoms with van der Waals surface area (Å²) >= 11 is 6.08. The van der Waals surface area contributed by atoms with Gasteiger partial charge in [-0.15, -0.1) is 0 Å². The Morgan fingerprint density at radius 1 is 1.05 bits per heavy atom. The molecule has 0 bridgehead atoms. The van der Waals surface area contributed by atoms with Gasteiger partial charge >= 0.3 is 6.18 Å². The molecular formula is C26H33ClF3N3O4S. The number of hydrogen-bond acceptors (Lipinski definition) is 4. The number of hydrogen-bond donors (Lipinski definition) is 1. The first-order valence-corrected chi connectivity index (χ1v) is 14.3. The van der Waals surface area contributed by atoms with Gasteiger partial charge in [0.25, 0.3) is 0 Å². The Kier molecular flexibility index (Phi) is 11.0. The number of nitrogens with one attached hydrogen (secondary N) is 1. The standard InChI is InChI=1S/C26H33ClF3N3O4S/c1-18(2)16-31-25(35)19(3)32(17-20-8-5-10-22(27)14-20)24(34)12-7-13-33(38(4,36)37)23-11-6-9-21(15-23)26(28,29)30/h5-6,8-11,14-15,18-19H,7,12-13,16-17H2,1-4H3,(H,31,35)/t19-/m1/s1. The Hall–Kier alpha value is -2.79. The number of halogens is 4. The molecule has 210 valence electrons. The van der Waals surface area contributed by atoms with Gasteiger partial charge in [-0.25, -0.2) is 8.42 Å². The molecule has 0 unspecified atom stereocenters. The summed E-state index contributed by atoms with van der Waals surface area (Å²) in [4.78, 5) is 27.4. The Morgan fingerprint density at radius 3 is 2.29 bits per heavy atom. The normalized spacial score (nSPS) is 12.8. The molecule has 0 aliphatic carbocycles. The van der Waals surface area contributed by atoms with Crippen molar-refractivity contribution in [2.45, 2.75) is 52.4 Å². The number of rotatable bonds is 12. The fourth-order valence-electron chi connectivity index (χ4n) is 3.71. The minimum atomic E-state index is -4.64. The Labute approximate surface area is 227 Å². The number of amides is 2. The fourth-order valence-corrected chi connectivity index (χ4v) is 4.88. The third-order valence-corrected chi connectivity index (χ3v) is 7.14. The summed E-state index contributed by atoms with van der Waals surface area (Å²) in [6, 6.07) is 10.0. The number of benzene rings is 2. The smallest absolute Gasteiger partial charge is 0.354 e. The molecule has 0 spiro atoms. The van der Waals surface area contributed by atoms with Crippen LogP contribution in [0.2, 0.25) is 5.02 Å². The number of carbonyl (C=O) groups is 2. The highest BCUT2D eigenvalue weighted by Gasteiger charge is 2.32. The van der Waals surface area contributed by atoms with Gasteiger partial charge in [-0.2, -0.15) is 13.2 Å². The average molecular weight is 576 g/mol. The molecule has 0 aliphatic heterocycles. The van der Waals surface area contributed by atoms with Gasteiger partial charge < -0.3 is 10.2 Å². The van der Waals surface area contributed by atoms with Crippen molar-refractivity contribution >= 4 is 39.1 Å². The van der Waals surface area contributed by atoms with E-state index in [2.05, 4.69) is 5.32 Å². The molecule has 0 radical (unpaired) electrons. The van der Waals surface area contributed by atoms with E-state index in [4.69, 9.17) is 11.6 Å². The predicted octanol–water partition coefficient (Wildman–Crippen LogP) is 5.09. The first-order chi connectivity index (χ1) is 17.6. The fraction of sp³-hybridized carbons (Fsp3) is 0.462. The van der Waals surface area contributed by atoms with Crippen LogP contribution < -0.4 is 9.62 Å². The van der Waals surface area contributed by atoms with Crippen LogP contribution in [0.3, 0.4) is 0 Å². The summed E-state index contributed by atoms with van der Waals surface area (Å²) in [7, 11) is -3.93. The largest absolute Gasteiger partial charge is 0.416 e. The quantitative estimate of drug-likeness (QED) is 0.382. The molecule has 0 heterocycles. The highest BCUT2D eigenvalue weighted by molar-refractivity contribution is 7.92. The van der Waals surface area contributed by atoms with E-state index in [1.54, 1.807) is 31.2 Å². The van der Waals surface area contributed by atoms with Crippen LogP contribution in [0.4, 0.5) is 18.9 Å². The first-order valence-electron chi connectivity index (χ1n) is 12.1. The van der Waals surface area contributed by atoms with Crippen molar-refractivity contribution in [2.75, 3.05) is 23.7 Å². The minimum Gasteiger partial charge on any atom is -0.354 e. The summed E-state index contributed by atoms with van der Waals surface area (Å²) in [5, 5.41) is 3.28. The van der Waals surface area contributed by atoms with E-state index in [-0.39, 0.29) is 43.4 Å². The summed E-state index contributed by atoms with van der Waals surface area (Å²) < 4.78 is 65.1. The Balaban J connectivity index is 2.21. The molecule has 0 aromatic heterocycles. The van der Waals surface area contributed by atoms with Crippen molar-refractivity contribution < 1.29 is 31.2 Å². The molecule has 0 saturated carbocycles. The topological polar surface area (TPSA) is 86.8 Å². The summed E-state index contributed by atoms with van der Waals surface area (Å²) in [5.74, 6) is -0.536. The van der Waals surface area contributed by atoms with E-state index in [1.165, 1.54) is 11.0 Å². The van der Waals surface area contributed by atoms with Crippen LogP contribution in [0, 0.1) is 5.92 Å². The van der Waals surface area contributed by atoms with E-state index in [1.807, 2.05) is 13.8 Å². The second-order valence-corrected chi connectivity index (χ2v) is 11.8. The molecule has 2 aromatic rings. The number of carbonyl (C=O) groups excluding carboxylic acids is 2. The predicted molar refractivity (Wildman–Crippen MR) is 142 cm³/mol. The SMILES string of the molecule is CC(C)CNC(=O)[C@@H](C)N(Cc1cccc(Cl)c1)C(=O)CCCN(c1cccc(C(F)(F)F)c1)S(C)(=O)=O. The molecule has 12 heteroatoms. The second kappa shape index (κ2) is 13.3. The van der Waals surface area contributed by atoms with Gasteiger partial charge in [0.15, 0.2) is 0 Å². The highest BCUT2D eigenvalue weighted by atomic mass is 35.5. The van der Waals surface area contributed by atoms with Gasteiger partial charge in [0.2, 0.25) is 21.8 Å². The van der Waals surface area contributed by atoms with E-state index in [0.717, 1.165) is 28.8 Å². The molecular weight excluding hydrogens is 543 g/mol. The summed E-state index contributed by atoms with van der Waals surface area (Å²) in [5.41, 5.74) is -0.420. The van der Waals surface area contributed by atoms with Crippen molar-refractivity contribution in [2.24, 2.45) is 5.92 Å². The van der Waals surface area contributed by atoms with Crippen LogP contribution >= 0.6 is 11.6 Å². The van der Waals surface area contributed by atoms with Crippen molar-refractivity contribution in [3.63, 3.8) is 0 Å². The Bertz CT molecular complexity index is 1220. The first kappa shape index (κ1) is 31.4. The average Bonchev–Trinajstić information content (AvgIpc) is 2.82. The molecule has 7 nitrogen and oxygen atoms in total. The van der Waals surface area contributed by atoms with Crippen molar-refractivity contribution in [3.05, 3.63) is 64.7 Å². The van der Waals surface area contributed by atoms with Crippen LogP contribution in [-0.2, 0) is 32.3 Å².